The van der Waals surface area contributed by atoms with Crippen LogP contribution in [0.3, 0.4) is 0 Å². The van der Waals surface area contributed by atoms with E-state index in [1.807, 2.05) is 85.0 Å². The zero-order valence-electron chi connectivity index (χ0n) is 27.8. The number of fused-ring (bicyclic) bond motifs is 8. The minimum absolute atomic E-state index is 0. The van der Waals surface area contributed by atoms with Gasteiger partial charge in [-0.2, -0.15) is 0 Å². The smallest absolute Gasteiger partial charge is 0.657 e. The summed E-state index contributed by atoms with van der Waals surface area (Å²) in [6.07, 6.45) is 17.1. The first-order valence-electron chi connectivity index (χ1n) is 16.6. The van der Waals surface area contributed by atoms with Gasteiger partial charge in [0.25, 0.3) is 0 Å². The number of terminal acetylenes is 1. The third-order valence-corrected chi connectivity index (χ3v) is 8.72. The van der Waals surface area contributed by atoms with E-state index in [9.17, 15) is 4.79 Å². The Morgan fingerprint density at radius 1 is 0.596 bits per heavy atom. The molecule has 0 spiro atoms. The molecule has 0 saturated carbocycles. The van der Waals surface area contributed by atoms with Crippen molar-refractivity contribution in [3.8, 4) is 45.7 Å². The van der Waals surface area contributed by atoms with Gasteiger partial charge in [-0.3, -0.25) is 4.79 Å². The van der Waals surface area contributed by atoms with E-state index in [4.69, 9.17) is 31.1 Å². The van der Waals surface area contributed by atoms with Crippen molar-refractivity contribution >= 4 is 58.4 Å². The second kappa shape index (κ2) is 15.2. The van der Waals surface area contributed by atoms with Crippen molar-refractivity contribution in [1.82, 2.24) is 19.9 Å². The van der Waals surface area contributed by atoms with Crippen LogP contribution >= 0.6 is 0 Å². The zero-order valence-corrected chi connectivity index (χ0v) is 28.8. The number of esters is 1. The Hall–Kier alpha value is -6.48. The van der Waals surface area contributed by atoms with Gasteiger partial charge in [-0.15, -0.1) is 28.5 Å². The molecule has 3 aromatic heterocycles. The van der Waals surface area contributed by atoms with Crippen molar-refractivity contribution in [2.45, 2.75) is 6.42 Å². The molecule has 2 aliphatic heterocycles. The zero-order chi connectivity index (χ0) is 34.6. The fourth-order valence-electron chi connectivity index (χ4n) is 6.44. The largest absolute Gasteiger partial charge is 2.00 e. The molecule has 0 radical (unpaired) electrons. The van der Waals surface area contributed by atoms with Crippen LogP contribution in [0.2, 0.25) is 0 Å². The van der Waals surface area contributed by atoms with E-state index < -0.39 is 5.97 Å². The Labute approximate surface area is 311 Å². The van der Waals surface area contributed by atoms with Gasteiger partial charge in [-0.05, 0) is 63.2 Å². The number of nitrogens with zero attached hydrogens (tertiary/aromatic N) is 4. The van der Waals surface area contributed by atoms with Crippen molar-refractivity contribution in [2.24, 2.45) is 0 Å². The van der Waals surface area contributed by atoms with E-state index in [1.165, 1.54) is 0 Å². The summed E-state index contributed by atoms with van der Waals surface area (Å²) in [5.41, 5.74) is 12.7. The molecule has 2 aliphatic rings. The van der Waals surface area contributed by atoms with E-state index in [0.29, 0.717) is 11.2 Å². The standard InChI is InChI=1S/C45H30N4O2.Ni/c1-2-29-51-42(50)20-12-19-33-34-21-23-36(46-34)43(30-13-6-3-7-14-30)38-25-27-40(48-38)45(32-17-10-5-11-18-32)41-28-26-39(49-41)44(31-15-8-4-9-16-31)37-24-22-35(33)47-37;/h1,3-19,21-28H,20,29H2;/q-2;+2/b19-12+,34-33?,35-33?,43-36?,43-38?,44-37?,44-39?,45-40?,45-41?;. The molecule has 0 atom stereocenters. The molecule has 7 heteroatoms. The molecule has 0 unspecified atom stereocenters. The van der Waals surface area contributed by atoms with Gasteiger partial charge in [0, 0.05) is 0 Å². The average molecular weight is 717 g/mol. The van der Waals surface area contributed by atoms with E-state index in [1.54, 1.807) is 6.08 Å². The summed E-state index contributed by atoms with van der Waals surface area (Å²) < 4.78 is 5.10. The second-order valence-electron chi connectivity index (χ2n) is 12.0. The third-order valence-electron chi connectivity index (χ3n) is 8.72. The number of ether oxygens (including phenoxy) is 1. The summed E-state index contributed by atoms with van der Waals surface area (Å²) in [7, 11) is 0. The predicted octanol–water partition coefficient (Wildman–Crippen LogP) is 9.49. The summed E-state index contributed by atoms with van der Waals surface area (Å²) >= 11 is 0. The SMILES string of the molecule is C#CCOC(=O)C/C=C/c1c2nc(c(-c3ccccc3)c3ccc([n-]3)c(-c3ccccc3)c3nc(c(-c4ccccc4)c4ccc1[n-]4)C=C3)C=C2.[Ni+2]. The van der Waals surface area contributed by atoms with Crippen LogP contribution < -0.4 is 9.97 Å². The Bertz CT molecular complexity index is 2540. The molecule has 0 N–H and O–H groups in total. The molecule has 8 rings (SSSR count). The molecule has 5 heterocycles. The average Bonchev–Trinajstić information content (AvgIpc) is 4.01. The van der Waals surface area contributed by atoms with Gasteiger partial charge in [-0.1, -0.05) is 133 Å². The van der Waals surface area contributed by atoms with Crippen molar-refractivity contribution in [3.63, 3.8) is 0 Å². The Balaban J connectivity index is 0.00000420. The maximum absolute atomic E-state index is 12.3. The van der Waals surface area contributed by atoms with Crippen molar-refractivity contribution in [2.75, 3.05) is 6.61 Å². The van der Waals surface area contributed by atoms with Gasteiger partial charge in [0.1, 0.15) is 0 Å². The van der Waals surface area contributed by atoms with Gasteiger partial charge in [0.15, 0.2) is 6.61 Å². The predicted molar refractivity (Wildman–Crippen MR) is 207 cm³/mol. The van der Waals surface area contributed by atoms with Crippen LogP contribution in [0.15, 0.2) is 121 Å². The van der Waals surface area contributed by atoms with Gasteiger partial charge in [0.2, 0.25) is 0 Å². The number of hydrogen-bond donors (Lipinski definition) is 0. The maximum atomic E-state index is 12.3. The summed E-state index contributed by atoms with van der Waals surface area (Å²) in [5, 5.41) is 0. The quantitative estimate of drug-likeness (QED) is 0.0929. The normalized spacial score (nSPS) is 11.7. The minimum Gasteiger partial charge on any atom is -0.657 e. The molecular formula is C45H30N4NiO2. The van der Waals surface area contributed by atoms with Gasteiger partial charge < -0.3 is 14.7 Å². The summed E-state index contributed by atoms with van der Waals surface area (Å²) in [6, 6.07) is 38.7. The molecule has 0 saturated heterocycles. The minimum atomic E-state index is -0.410. The molecule has 0 fully saturated rings. The van der Waals surface area contributed by atoms with Crippen LogP contribution in [0.4, 0.5) is 0 Å². The van der Waals surface area contributed by atoms with E-state index in [0.717, 1.165) is 72.6 Å². The molecule has 6 aromatic rings. The monoisotopic (exact) mass is 716 g/mol. The van der Waals surface area contributed by atoms with E-state index in [2.05, 4.69) is 66.6 Å². The van der Waals surface area contributed by atoms with Gasteiger partial charge in [-0.25, -0.2) is 9.97 Å². The first-order chi connectivity index (χ1) is 25.2. The first-order valence-corrected chi connectivity index (χ1v) is 16.6. The van der Waals surface area contributed by atoms with Crippen LogP contribution in [0.1, 0.15) is 34.8 Å². The Morgan fingerprint density at radius 3 is 1.46 bits per heavy atom. The van der Waals surface area contributed by atoms with E-state index in [-0.39, 0.29) is 29.5 Å². The number of rotatable bonds is 7. The van der Waals surface area contributed by atoms with Crippen LogP contribution in [-0.2, 0) is 26.0 Å². The van der Waals surface area contributed by atoms with Crippen LogP contribution in [-0.4, -0.2) is 22.5 Å². The molecule has 3 aromatic carbocycles. The third kappa shape index (κ3) is 6.81. The van der Waals surface area contributed by atoms with Gasteiger partial charge >= 0.3 is 22.5 Å². The number of carbonyl (C=O) groups is 1. The van der Waals surface area contributed by atoms with Crippen molar-refractivity contribution in [3.05, 3.63) is 150 Å². The van der Waals surface area contributed by atoms with Crippen LogP contribution in [0.5, 0.6) is 0 Å². The topological polar surface area (TPSA) is 80.3 Å². The summed E-state index contributed by atoms with van der Waals surface area (Å²) in [5.74, 6) is 1.93. The maximum Gasteiger partial charge on any atom is 2.00 e. The second-order valence-corrected chi connectivity index (χ2v) is 12.0. The molecule has 0 aliphatic carbocycles. The fraction of sp³-hybridized carbons (Fsp3) is 0.0444. The summed E-state index contributed by atoms with van der Waals surface area (Å²) in [6.45, 7) is -0.0689. The van der Waals surface area contributed by atoms with Crippen LogP contribution in [0, 0.1) is 12.3 Å². The molecule has 8 bridgehead atoms. The molecular weight excluding hydrogens is 687 g/mol. The Morgan fingerprint density at radius 2 is 1.00 bits per heavy atom. The molecule has 252 valence electrons. The number of aromatic nitrogens is 4. The number of hydrogen-bond acceptors (Lipinski definition) is 4. The molecule has 0 amide bonds. The fourth-order valence-corrected chi connectivity index (χ4v) is 6.44. The van der Waals surface area contributed by atoms with Crippen LogP contribution in [0.25, 0.3) is 85.8 Å². The Kier molecular flexibility index (Phi) is 9.93. The van der Waals surface area contributed by atoms with Crippen molar-refractivity contribution in [1.29, 1.82) is 0 Å². The van der Waals surface area contributed by atoms with Gasteiger partial charge in [0.05, 0.1) is 29.2 Å². The molecule has 52 heavy (non-hydrogen) atoms. The van der Waals surface area contributed by atoms with E-state index >= 15 is 0 Å². The summed E-state index contributed by atoms with van der Waals surface area (Å²) in [4.78, 5) is 33.2. The number of carbonyl (C=O) groups excluding carboxylic acids is 1. The number of benzene rings is 3. The van der Waals surface area contributed by atoms with Crippen molar-refractivity contribution < 1.29 is 26.0 Å². The molecule has 6 nitrogen and oxygen atoms in total. The first kappa shape index (κ1) is 34.0.